The zero-order valence-corrected chi connectivity index (χ0v) is 9.61. The second-order valence-electron chi connectivity index (χ2n) is 2.49. The van der Waals surface area contributed by atoms with E-state index in [0.29, 0.717) is 0 Å². The summed E-state index contributed by atoms with van der Waals surface area (Å²) in [4.78, 5) is 0. The molecular weight excluding hydrogens is 144 g/mol. The molecule has 0 aromatic carbocycles. The van der Waals surface area contributed by atoms with Crippen molar-refractivity contribution in [1.29, 1.82) is 0 Å². The Bertz CT molecular complexity index is 80.0. The van der Waals surface area contributed by atoms with Gasteiger partial charge in [-0.15, -0.1) is 13.2 Å². The third-order valence-electron chi connectivity index (χ3n) is 0.775. The van der Waals surface area contributed by atoms with Crippen LogP contribution in [0.2, 0.25) is 0 Å². The number of allylic oxidation sites excluding steroid dienone is 2. The molecule has 0 heteroatoms. The Labute approximate surface area is 79.4 Å². The Balaban J connectivity index is -0.000000137. The van der Waals surface area contributed by atoms with Crippen LogP contribution in [0.5, 0.6) is 0 Å². The second-order valence-corrected chi connectivity index (χ2v) is 2.49. The number of rotatable bonds is 3. The Hall–Kier alpha value is -0.520. The fourth-order valence-electron chi connectivity index (χ4n) is 0.348. The van der Waals surface area contributed by atoms with Gasteiger partial charge in [-0.2, -0.15) is 0 Å². The van der Waals surface area contributed by atoms with Crippen molar-refractivity contribution in [3.05, 3.63) is 24.8 Å². The SMILES string of the molecule is C=CCCC(=C)C.CC.CCC. The maximum atomic E-state index is 3.74. The third kappa shape index (κ3) is 56.3. The van der Waals surface area contributed by atoms with Gasteiger partial charge in [0.2, 0.25) is 0 Å². The first-order valence-corrected chi connectivity index (χ1v) is 4.94. The molecule has 0 fully saturated rings. The van der Waals surface area contributed by atoms with E-state index in [9.17, 15) is 0 Å². The van der Waals surface area contributed by atoms with Crippen molar-refractivity contribution >= 4 is 0 Å². The van der Waals surface area contributed by atoms with Gasteiger partial charge in [0.25, 0.3) is 0 Å². The van der Waals surface area contributed by atoms with Gasteiger partial charge in [-0.05, 0) is 19.8 Å². The highest BCUT2D eigenvalue weighted by molar-refractivity contribution is 4.89. The van der Waals surface area contributed by atoms with Crippen molar-refractivity contribution in [2.24, 2.45) is 0 Å². The zero-order valence-electron chi connectivity index (χ0n) is 9.61. The molecule has 0 bridgehead atoms. The Morgan fingerprint density at radius 2 is 1.58 bits per heavy atom. The summed E-state index contributed by atoms with van der Waals surface area (Å²) in [5.74, 6) is 0. The van der Waals surface area contributed by atoms with Gasteiger partial charge in [0.1, 0.15) is 0 Å². The van der Waals surface area contributed by atoms with Crippen LogP contribution in [-0.4, -0.2) is 0 Å². The Kier molecular flexibility index (Phi) is 32.8. The minimum atomic E-state index is 1.06. The lowest BCUT2D eigenvalue weighted by Crippen LogP contribution is -1.68. The normalized spacial score (nSPS) is 6.75. The highest BCUT2D eigenvalue weighted by atomic mass is 13.8. The van der Waals surface area contributed by atoms with Crippen LogP contribution in [0.3, 0.4) is 0 Å². The van der Waals surface area contributed by atoms with Gasteiger partial charge in [-0.3, -0.25) is 0 Å². The van der Waals surface area contributed by atoms with E-state index in [2.05, 4.69) is 27.0 Å². The van der Waals surface area contributed by atoms with E-state index in [1.807, 2.05) is 26.8 Å². The van der Waals surface area contributed by atoms with E-state index in [4.69, 9.17) is 0 Å². The summed E-state index contributed by atoms with van der Waals surface area (Å²) in [5, 5.41) is 0. The van der Waals surface area contributed by atoms with E-state index in [0.717, 1.165) is 12.8 Å². The first kappa shape index (κ1) is 17.5. The topological polar surface area (TPSA) is 0 Å². The molecule has 0 unspecified atom stereocenters. The molecule has 0 aliphatic heterocycles. The smallest absolute Gasteiger partial charge is 0.0291 e. The molecule has 0 amide bonds. The van der Waals surface area contributed by atoms with Gasteiger partial charge in [0.15, 0.2) is 0 Å². The Morgan fingerprint density at radius 3 is 1.67 bits per heavy atom. The first-order valence-electron chi connectivity index (χ1n) is 4.94. The van der Waals surface area contributed by atoms with Crippen molar-refractivity contribution in [1.82, 2.24) is 0 Å². The van der Waals surface area contributed by atoms with Crippen LogP contribution in [0.4, 0.5) is 0 Å². The summed E-state index contributed by atoms with van der Waals surface area (Å²) in [6, 6.07) is 0. The van der Waals surface area contributed by atoms with Crippen LogP contribution in [0.25, 0.3) is 0 Å². The lowest BCUT2D eigenvalue weighted by Gasteiger charge is -1.88. The molecule has 0 heterocycles. The van der Waals surface area contributed by atoms with Crippen LogP contribution < -0.4 is 0 Å². The molecule has 0 nitrogen and oxygen atoms in total. The molecule has 0 saturated heterocycles. The van der Waals surface area contributed by atoms with Crippen LogP contribution >= 0.6 is 0 Å². The summed E-state index contributed by atoms with van der Waals surface area (Å²) in [6.45, 7) is 17.6. The highest BCUT2D eigenvalue weighted by Gasteiger charge is 1.78. The molecule has 0 aromatic heterocycles. The first-order chi connectivity index (χ1) is 5.68. The minimum absolute atomic E-state index is 1.06. The third-order valence-corrected chi connectivity index (χ3v) is 0.775. The molecule has 0 rings (SSSR count). The van der Waals surface area contributed by atoms with Crippen LogP contribution in [-0.2, 0) is 0 Å². The molecule has 0 atom stereocenters. The second kappa shape index (κ2) is 22.4. The minimum Gasteiger partial charge on any atom is -0.103 e. The molecule has 0 radical (unpaired) electrons. The molecule has 74 valence electrons. The average molecular weight is 170 g/mol. The maximum absolute atomic E-state index is 3.74. The summed E-state index contributed by atoms with van der Waals surface area (Å²) in [6.07, 6.45) is 5.31. The summed E-state index contributed by atoms with van der Waals surface area (Å²) >= 11 is 0. The van der Waals surface area contributed by atoms with Gasteiger partial charge in [-0.25, -0.2) is 0 Å². The molecule has 0 spiro atoms. The van der Waals surface area contributed by atoms with Gasteiger partial charge in [0, 0.05) is 0 Å². The lowest BCUT2D eigenvalue weighted by molar-refractivity contribution is 0.986. The fraction of sp³-hybridized carbons (Fsp3) is 0.667. The van der Waals surface area contributed by atoms with Crippen molar-refractivity contribution in [2.45, 2.75) is 53.9 Å². The Morgan fingerprint density at radius 1 is 1.25 bits per heavy atom. The predicted octanol–water partition coefficient (Wildman–Crippen LogP) is 4.97. The van der Waals surface area contributed by atoms with E-state index in [1.165, 1.54) is 12.0 Å². The van der Waals surface area contributed by atoms with Gasteiger partial charge >= 0.3 is 0 Å². The predicted molar refractivity (Wildman–Crippen MR) is 61.6 cm³/mol. The zero-order chi connectivity index (χ0) is 10.4. The molecular formula is C12H26. The van der Waals surface area contributed by atoms with Gasteiger partial charge in [0.05, 0.1) is 0 Å². The summed E-state index contributed by atoms with van der Waals surface area (Å²) in [5.41, 5.74) is 1.24. The number of hydrogen-bond acceptors (Lipinski definition) is 0. The highest BCUT2D eigenvalue weighted by Crippen LogP contribution is 1.98. The van der Waals surface area contributed by atoms with E-state index in [1.54, 1.807) is 0 Å². The summed E-state index contributed by atoms with van der Waals surface area (Å²) in [7, 11) is 0. The molecule has 0 aliphatic rings. The van der Waals surface area contributed by atoms with Crippen LogP contribution in [0.1, 0.15) is 53.9 Å². The standard InChI is InChI=1S/C7H12.C3H8.C2H6/c1-4-5-6-7(2)3;1-3-2;1-2/h4H,1-2,5-6H2,3H3;3H2,1-2H3;1-2H3. The molecule has 0 N–H and O–H groups in total. The average Bonchev–Trinajstić information content (AvgIpc) is 2.06. The van der Waals surface area contributed by atoms with E-state index >= 15 is 0 Å². The fourth-order valence-corrected chi connectivity index (χ4v) is 0.348. The van der Waals surface area contributed by atoms with Crippen molar-refractivity contribution in [2.75, 3.05) is 0 Å². The lowest BCUT2D eigenvalue weighted by atomic mass is 10.2. The van der Waals surface area contributed by atoms with E-state index in [-0.39, 0.29) is 0 Å². The molecule has 0 aliphatic carbocycles. The van der Waals surface area contributed by atoms with Crippen molar-refractivity contribution < 1.29 is 0 Å². The summed E-state index contributed by atoms with van der Waals surface area (Å²) < 4.78 is 0. The van der Waals surface area contributed by atoms with Crippen molar-refractivity contribution in [3.8, 4) is 0 Å². The van der Waals surface area contributed by atoms with Crippen molar-refractivity contribution in [3.63, 3.8) is 0 Å². The largest absolute Gasteiger partial charge is 0.103 e. The van der Waals surface area contributed by atoms with Crippen LogP contribution in [0.15, 0.2) is 24.8 Å². The van der Waals surface area contributed by atoms with Gasteiger partial charge in [-0.1, -0.05) is 45.8 Å². The maximum Gasteiger partial charge on any atom is -0.0291 e. The molecule has 0 saturated carbocycles. The van der Waals surface area contributed by atoms with Gasteiger partial charge < -0.3 is 0 Å². The molecule has 0 aromatic rings. The molecule has 12 heavy (non-hydrogen) atoms. The monoisotopic (exact) mass is 170 g/mol. The quantitative estimate of drug-likeness (QED) is 0.524. The van der Waals surface area contributed by atoms with Crippen LogP contribution in [0, 0.1) is 0 Å². The van der Waals surface area contributed by atoms with E-state index < -0.39 is 0 Å². The number of hydrogen-bond donors (Lipinski definition) is 0.